The fourth-order valence-electron chi connectivity index (χ4n) is 1.82. The lowest BCUT2D eigenvalue weighted by molar-refractivity contribution is 0.294. The maximum atomic E-state index is 6.00. The molecule has 0 aliphatic rings. The fraction of sp³-hybridized carbons (Fsp3) is 0.294. The van der Waals surface area contributed by atoms with Gasteiger partial charge in [-0.15, -0.1) is 12.4 Å². The number of para-hydroxylation sites is 2. The van der Waals surface area contributed by atoms with E-state index in [0.29, 0.717) is 18.2 Å². The second-order valence-corrected chi connectivity index (χ2v) is 4.95. The van der Waals surface area contributed by atoms with Crippen LogP contribution in [0.1, 0.15) is 6.42 Å². The Labute approximate surface area is 143 Å². The molecule has 0 aromatic heterocycles. The summed E-state index contributed by atoms with van der Waals surface area (Å²) in [6.07, 6.45) is 0.959. The molecule has 0 unspecified atom stereocenters. The van der Waals surface area contributed by atoms with E-state index < -0.39 is 0 Å². The summed E-state index contributed by atoms with van der Waals surface area (Å²) in [7, 11) is 0. The van der Waals surface area contributed by atoms with Crippen LogP contribution in [0.5, 0.6) is 11.5 Å². The van der Waals surface area contributed by atoms with Crippen molar-refractivity contribution >= 4 is 24.0 Å². The van der Waals surface area contributed by atoms with Crippen molar-refractivity contribution in [2.24, 2.45) is 0 Å². The summed E-state index contributed by atoms with van der Waals surface area (Å²) in [5.74, 6) is 1.65. The monoisotopic (exact) mass is 341 g/mol. The second kappa shape index (κ2) is 11.2. The van der Waals surface area contributed by atoms with Crippen LogP contribution in [0.3, 0.4) is 0 Å². The highest BCUT2D eigenvalue weighted by Gasteiger charge is 1.98. The number of halogens is 2. The number of nitrogens with one attached hydrogen (secondary N) is 1. The van der Waals surface area contributed by atoms with Crippen LogP contribution in [0.25, 0.3) is 0 Å². The molecular weight excluding hydrogens is 321 g/mol. The van der Waals surface area contributed by atoms with Gasteiger partial charge in [0.2, 0.25) is 0 Å². The zero-order chi connectivity index (χ0) is 14.8. The first kappa shape index (κ1) is 18.6. The first-order valence-electron chi connectivity index (χ1n) is 7.12. The zero-order valence-corrected chi connectivity index (χ0v) is 13.9. The molecule has 2 aromatic rings. The molecule has 5 heteroatoms. The van der Waals surface area contributed by atoms with E-state index in [1.54, 1.807) is 0 Å². The fourth-order valence-corrected chi connectivity index (χ4v) is 2.01. The lowest BCUT2D eigenvalue weighted by Gasteiger charge is -2.09. The maximum absolute atomic E-state index is 6.00. The van der Waals surface area contributed by atoms with Crippen molar-refractivity contribution in [2.75, 3.05) is 26.3 Å². The molecule has 0 saturated carbocycles. The molecule has 22 heavy (non-hydrogen) atoms. The summed E-state index contributed by atoms with van der Waals surface area (Å²) in [4.78, 5) is 0. The number of hydrogen-bond donors (Lipinski definition) is 1. The van der Waals surface area contributed by atoms with Gasteiger partial charge in [0.1, 0.15) is 18.1 Å². The molecule has 120 valence electrons. The Morgan fingerprint density at radius 2 is 1.55 bits per heavy atom. The van der Waals surface area contributed by atoms with Crippen LogP contribution in [-0.2, 0) is 0 Å². The molecule has 0 heterocycles. The lowest BCUT2D eigenvalue weighted by Crippen LogP contribution is -2.23. The van der Waals surface area contributed by atoms with Crippen molar-refractivity contribution in [1.29, 1.82) is 0 Å². The number of rotatable bonds is 9. The lowest BCUT2D eigenvalue weighted by atomic mass is 10.3. The van der Waals surface area contributed by atoms with E-state index in [4.69, 9.17) is 21.1 Å². The van der Waals surface area contributed by atoms with E-state index in [-0.39, 0.29) is 12.4 Å². The summed E-state index contributed by atoms with van der Waals surface area (Å²) < 4.78 is 11.2. The summed E-state index contributed by atoms with van der Waals surface area (Å²) in [5, 5.41) is 3.96. The van der Waals surface area contributed by atoms with Gasteiger partial charge in [0.15, 0.2) is 0 Å². The highest BCUT2D eigenvalue weighted by Crippen LogP contribution is 2.22. The third-order valence-electron chi connectivity index (χ3n) is 2.88. The number of hydrogen-bond acceptors (Lipinski definition) is 3. The van der Waals surface area contributed by atoms with Gasteiger partial charge < -0.3 is 14.8 Å². The molecule has 1 N–H and O–H groups in total. The molecular formula is C17H21Cl2NO2. The molecule has 2 rings (SSSR count). The van der Waals surface area contributed by atoms with E-state index in [1.807, 2.05) is 54.6 Å². The Balaban J connectivity index is 0.00000242. The highest BCUT2D eigenvalue weighted by atomic mass is 35.5. The highest BCUT2D eigenvalue weighted by molar-refractivity contribution is 6.32. The van der Waals surface area contributed by atoms with E-state index in [1.165, 1.54) is 0 Å². The predicted octanol–water partition coefficient (Wildman–Crippen LogP) is 4.20. The Bertz CT molecular complexity index is 523. The average molecular weight is 342 g/mol. The van der Waals surface area contributed by atoms with Gasteiger partial charge in [0.25, 0.3) is 0 Å². The van der Waals surface area contributed by atoms with Crippen molar-refractivity contribution in [2.45, 2.75) is 6.42 Å². The molecule has 0 saturated heterocycles. The molecule has 0 spiro atoms. The van der Waals surface area contributed by atoms with E-state index in [9.17, 15) is 0 Å². The third kappa shape index (κ3) is 7.03. The van der Waals surface area contributed by atoms with Gasteiger partial charge in [-0.05, 0) is 37.2 Å². The van der Waals surface area contributed by atoms with Crippen LogP contribution in [0.15, 0.2) is 54.6 Å². The number of benzene rings is 2. The van der Waals surface area contributed by atoms with Gasteiger partial charge in [0.05, 0.1) is 11.6 Å². The summed E-state index contributed by atoms with van der Waals surface area (Å²) in [6, 6.07) is 17.3. The molecule has 0 amide bonds. The minimum atomic E-state index is 0. The standard InChI is InChI=1S/C17H20ClNO2.ClH/c18-16-9-4-5-10-17(16)21-14-12-19-11-6-13-20-15-7-2-1-3-8-15;/h1-5,7-10,19H,6,11-14H2;1H. The van der Waals surface area contributed by atoms with Gasteiger partial charge >= 0.3 is 0 Å². The van der Waals surface area contributed by atoms with E-state index >= 15 is 0 Å². The van der Waals surface area contributed by atoms with E-state index in [0.717, 1.165) is 31.0 Å². The quantitative estimate of drug-likeness (QED) is 0.693. The van der Waals surface area contributed by atoms with Gasteiger partial charge in [-0.1, -0.05) is 41.9 Å². The van der Waals surface area contributed by atoms with Crippen LogP contribution in [0.4, 0.5) is 0 Å². The minimum Gasteiger partial charge on any atom is -0.494 e. The largest absolute Gasteiger partial charge is 0.494 e. The first-order valence-corrected chi connectivity index (χ1v) is 7.50. The Morgan fingerprint density at radius 3 is 2.32 bits per heavy atom. The van der Waals surface area contributed by atoms with Crippen LogP contribution in [-0.4, -0.2) is 26.3 Å². The third-order valence-corrected chi connectivity index (χ3v) is 3.20. The van der Waals surface area contributed by atoms with Gasteiger partial charge in [-0.3, -0.25) is 0 Å². The molecule has 0 fully saturated rings. The Hall–Kier alpha value is -1.42. The van der Waals surface area contributed by atoms with Crippen molar-refractivity contribution < 1.29 is 9.47 Å². The minimum absolute atomic E-state index is 0. The summed E-state index contributed by atoms with van der Waals surface area (Å²) in [5.41, 5.74) is 0. The topological polar surface area (TPSA) is 30.5 Å². The normalized spacial score (nSPS) is 9.86. The Kier molecular flexibility index (Phi) is 9.47. The van der Waals surface area contributed by atoms with Crippen LogP contribution in [0, 0.1) is 0 Å². The van der Waals surface area contributed by atoms with Crippen LogP contribution >= 0.6 is 24.0 Å². The molecule has 0 aliphatic carbocycles. The van der Waals surface area contributed by atoms with Crippen LogP contribution in [0.2, 0.25) is 5.02 Å². The first-order chi connectivity index (χ1) is 10.4. The summed E-state index contributed by atoms with van der Waals surface area (Å²) in [6.45, 7) is 3.00. The van der Waals surface area contributed by atoms with Gasteiger partial charge in [0, 0.05) is 6.54 Å². The van der Waals surface area contributed by atoms with Crippen molar-refractivity contribution in [1.82, 2.24) is 5.32 Å². The molecule has 2 aromatic carbocycles. The van der Waals surface area contributed by atoms with Gasteiger partial charge in [-0.25, -0.2) is 0 Å². The second-order valence-electron chi connectivity index (χ2n) is 4.54. The average Bonchev–Trinajstić information content (AvgIpc) is 2.52. The number of ether oxygens (including phenoxy) is 2. The molecule has 0 bridgehead atoms. The van der Waals surface area contributed by atoms with Gasteiger partial charge in [-0.2, -0.15) is 0 Å². The van der Waals surface area contributed by atoms with Crippen molar-refractivity contribution in [3.05, 3.63) is 59.6 Å². The van der Waals surface area contributed by atoms with Crippen molar-refractivity contribution in [3.63, 3.8) is 0 Å². The van der Waals surface area contributed by atoms with E-state index in [2.05, 4.69) is 5.32 Å². The molecule has 0 atom stereocenters. The smallest absolute Gasteiger partial charge is 0.137 e. The van der Waals surface area contributed by atoms with Crippen LogP contribution < -0.4 is 14.8 Å². The molecule has 0 aliphatic heterocycles. The SMILES string of the molecule is Cl.Clc1ccccc1OCCNCCCOc1ccccc1. The predicted molar refractivity (Wildman–Crippen MR) is 93.6 cm³/mol. The maximum Gasteiger partial charge on any atom is 0.137 e. The molecule has 0 radical (unpaired) electrons. The molecule has 3 nitrogen and oxygen atoms in total. The van der Waals surface area contributed by atoms with Crippen molar-refractivity contribution in [3.8, 4) is 11.5 Å². The Morgan fingerprint density at radius 1 is 0.818 bits per heavy atom. The zero-order valence-electron chi connectivity index (χ0n) is 12.3. The summed E-state index contributed by atoms with van der Waals surface area (Å²) >= 11 is 6.00.